The summed E-state index contributed by atoms with van der Waals surface area (Å²) in [4.78, 5) is 22.7. The van der Waals surface area contributed by atoms with Crippen LogP contribution in [0.1, 0.15) is 21.5 Å². The van der Waals surface area contributed by atoms with E-state index in [2.05, 4.69) is 27.3 Å². The minimum absolute atomic E-state index is 0.0168. The minimum Gasteiger partial charge on any atom is -0.361 e. The van der Waals surface area contributed by atoms with Crippen LogP contribution in [0.3, 0.4) is 0 Å². The Hall–Kier alpha value is -4.10. The Bertz CT molecular complexity index is 1390. The fourth-order valence-corrected chi connectivity index (χ4v) is 4.85. The summed E-state index contributed by atoms with van der Waals surface area (Å²) >= 11 is 0. The largest absolute Gasteiger partial charge is 0.361 e. The lowest BCUT2D eigenvalue weighted by atomic mass is 9.86. The molecular weight excluding hydrogens is 482 g/mol. The highest BCUT2D eigenvalue weighted by molar-refractivity contribution is 6.07. The van der Waals surface area contributed by atoms with Gasteiger partial charge in [-0.15, -0.1) is 0 Å². The molecule has 2 aliphatic rings. The number of benzene rings is 3. The summed E-state index contributed by atoms with van der Waals surface area (Å²) in [6.07, 6.45) is 8.39. The van der Waals surface area contributed by atoms with Crippen LogP contribution in [0.5, 0.6) is 0 Å². The van der Waals surface area contributed by atoms with Gasteiger partial charge in [0.15, 0.2) is 0 Å². The van der Waals surface area contributed by atoms with E-state index in [-0.39, 0.29) is 36.0 Å². The van der Waals surface area contributed by atoms with Gasteiger partial charge in [0.25, 0.3) is 5.91 Å². The fourth-order valence-electron chi connectivity index (χ4n) is 4.85. The van der Waals surface area contributed by atoms with Crippen LogP contribution in [0.25, 0.3) is 0 Å². The van der Waals surface area contributed by atoms with Crippen molar-refractivity contribution in [1.82, 2.24) is 10.2 Å². The van der Waals surface area contributed by atoms with Crippen LogP contribution in [-0.2, 0) is 6.54 Å². The van der Waals surface area contributed by atoms with E-state index in [1.165, 1.54) is 24.3 Å². The smallest absolute Gasteiger partial charge is 0.251 e. The molecular formula is C31H30F2N4O. The van der Waals surface area contributed by atoms with Gasteiger partial charge < -0.3 is 15.1 Å². The molecule has 1 aliphatic heterocycles. The third-order valence-electron chi connectivity index (χ3n) is 6.86. The van der Waals surface area contributed by atoms with E-state index >= 15 is 0 Å². The monoisotopic (exact) mass is 512 g/mol. The number of hydrogen-bond donors (Lipinski definition) is 1. The van der Waals surface area contributed by atoms with E-state index in [1.54, 1.807) is 24.3 Å². The molecule has 194 valence electrons. The van der Waals surface area contributed by atoms with Crippen LogP contribution in [0.15, 0.2) is 96.0 Å². The van der Waals surface area contributed by atoms with Crippen LogP contribution in [-0.4, -0.2) is 49.7 Å². The maximum Gasteiger partial charge on any atom is 0.251 e. The van der Waals surface area contributed by atoms with Crippen molar-refractivity contribution in [2.75, 3.05) is 32.1 Å². The summed E-state index contributed by atoms with van der Waals surface area (Å²) in [6.45, 7) is 1.89. The number of likely N-dealkylation sites (N-methyl/N-ethyl adjacent to an activating group) is 1. The number of aliphatic imine (C=N–C) groups is 1. The molecule has 5 rings (SSSR count). The third-order valence-corrected chi connectivity index (χ3v) is 6.86. The zero-order valence-electron chi connectivity index (χ0n) is 21.4. The SMILES string of the molecule is CN(C)CCN1c2ccc(C(=O)NCc3ccc(F)cc3)cc2N=C(c2ccc(F)cc2)C2C=CC=CC21. The summed E-state index contributed by atoms with van der Waals surface area (Å²) in [5.74, 6) is -0.899. The average Bonchev–Trinajstić information content (AvgIpc) is 3.06. The van der Waals surface area contributed by atoms with Gasteiger partial charge in [-0.1, -0.05) is 48.6 Å². The molecule has 0 saturated carbocycles. The lowest BCUT2D eigenvalue weighted by Crippen LogP contribution is -2.44. The van der Waals surface area contributed by atoms with Gasteiger partial charge in [0.1, 0.15) is 11.6 Å². The van der Waals surface area contributed by atoms with E-state index in [9.17, 15) is 13.6 Å². The van der Waals surface area contributed by atoms with Gasteiger partial charge in [-0.3, -0.25) is 4.79 Å². The average molecular weight is 513 g/mol. The topological polar surface area (TPSA) is 47.9 Å². The first kappa shape index (κ1) is 25.5. The maximum absolute atomic E-state index is 13.8. The predicted molar refractivity (Wildman–Crippen MR) is 148 cm³/mol. The van der Waals surface area contributed by atoms with E-state index in [4.69, 9.17) is 4.99 Å². The molecule has 3 aromatic carbocycles. The zero-order valence-corrected chi connectivity index (χ0v) is 21.4. The van der Waals surface area contributed by atoms with Crippen molar-refractivity contribution >= 4 is 23.0 Å². The second kappa shape index (κ2) is 11.1. The van der Waals surface area contributed by atoms with E-state index in [0.29, 0.717) is 11.3 Å². The molecule has 2 atom stereocenters. The molecule has 0 aromatic heterocycles. The molecule has 1 heterocycles. The number of amides is 1. The molecule has 0 saturated heterocycles. The van der Waals surface area contributed by atoms with Gasteiger partial charge in [-0.05, 0) is 67.7 Å². The Kier molecular flexibility index (Phi) is 7.47. The van der Waals surface area contributed by atoms with E-state index in [1.807, 2.05) is 44.4 Å². The fraction of sp³-hybridized carbons (Fsp3) is 0.226. The molecule has 1 aliphatic carbocycles. The van der Waals surface area contributed by atoms with Crippen molar-refractivity contribution in [3.05, 3.63) is 119 Å². The van der Waals surface area contributed by atoms with Crippen molar-refractivity contribution in [2.24, 2.45) is 10.9 Å². The lowest BCUT2D eigenvalue weighted by Gasteiger charge is -2.36. The van der Waals surface area contributed by atoms with Crippen molar-refractivity contribution < 1.29 is 13.6 Å². The van der Waals surface area contributed by atoms with Crippen molar-refractivity contribution in [3.8, 4) is 0 Å². The van der Waals surface area contributed by atoms with Gasteiger partial charge in [0, 0.05) is 31.1 Å². The Balaban J connectivity index is 1.53. The zero-order chi connectivity index (χ0) is 26.6. The van der Waals surface area contributed by atoms with Crippen LogP contribution in [0.2, 0.25) is 0 Å². The number of carbonyl (C=O) groups is 1. The number of rotatable bonds is 7. The molecule has 3 aromatic rings. The standard InChI is InChI=1S/C31H30F2N4O/c1-36(2)17-18-37-28-6-4-3-5-26(28)30(22-9-14-25(33)15-10-22)35-27-19-23(11-16-29(27)37)31(38)34-20-21-7-12-24(32)13-8-21/h3-16,19,26,28H,17-18,20H2,1-2H3,(H,34,38). The number of hydrogen-bond acceptors (Lipinski definition) is 4. The summed E-state index contributed by atoms with van der Waals surface area (Å²) in [7, 11) is 4.09. The number of nitrogens with one attached hydrogen (secondary N) is 1. The summed E-state index contributed by atoms with van der Waals surface area (Å²) < 4.78 is 27.0. The summed E-state index contributed by atoms with van der Waals surface area (Å²) in [5, 5.41) is 2.91. The quantitative estimate of drug-likeness (QED) is 0.454. The van der Waals surface area contributed by atoms with Crippen molar-refractivity contribution in [1.29, 1.82) is 0 Å². The Morgan fingerprint density at radius 3 is 2.34 bits per heavy atom. The second-order valence-electron chi connectivity index (χ2n) is 9.80. The molecule has 1 amide bonds. The summed E-state index contributed by atoms with van der Waals surface area (Å²) in [5.41, 5.74) is 4.59. The Morgan fingerprint density at radius 1 is 0.947 bits per heavy atom. The molecule has 1 N–H and O–H groups in total. The highest BCUT2D eigenvalue weighted by atomic mass is 19.1. The maximum atomic E-state index is 13.8. The molecule has 38 heavy (non-hydrogen) atoms. The molecule has 0 radical (unpaired) electrons. The molecule has 2 unspecified atom stereocenters. The van der Waals surface area contributed by atoms with Crippen LogP contribution >= 0.6 is 0 Å². The molecule has 0 bridgehead atoms. The van der Waals surface area contributed by atoms with Gasteiger partial charge in [-0.25, -0.2) is 13.8 Å². The molecule has 0 fully saturated rings. The van der Waals surface area contributed by atoms with Crippen LogP contribution in [0.4, 0.5) is 20.2 Å². The second-order valence-corrected chi connectivity index (χ2v) is 9.80. The third kappa shape index (κ3) is 5.58. The first-order valence-corrected chi connectivity index (χ1v) is 12.7. The van der Waals surface area contributed by atoms with E-state index in [0.717, 1.165) is 35.6 Å². The van der Waals surface area contributed by atoms with Gasteiger partial charge in [0.05, 0.1) is 23.1 Å². The summed E-state index contributed by atoms with van der Waals surface area (Å²) in [6, 6.07) is 18.1. The highest BCUT2D eigenvalue weighted by Crippen LogP contribution is 2.39. The normalized spacial score (nSPS) is 18.0. The Labute approximate surface area is 221 Å². The van der Waals surface area contributed by atoms with Gasteiger partial charge in [0.2, 0.25) is 0 Å². The van der Waals surface area contributed by atoms with Gasteiger partial charge in [-0.2, -0.15) is 0 Å². The number of carbonyl (C=O) groups excluding carboxylic acids is 1. The molecule has 5 nitrogen and oxygen atoms in total. The van der Waals surface area contributed by atoms with Gasteiger partial charge >= 0.3 is 0 Å². The Morgan fingerprint density at radius 2 is 1.63 bits per heavy atom. The number of anilines is 1. The molecule has 0 spiro atoms. The first-order valence-electron chi connectivity index (χ1n) is 12.7. The van der Waals surface area contributed by atoms with Crippen molar-refractivity contribution in [3.63, 3.8) is 0 Å². The van der Waals surface area contributed by atoms with Crippen LogP contribution in [0, 0.1) is 17.6 Å². The predicted octanol–water partition coefficient (Wildman–Crippen LogP) is 5.51. The van der Waals surface area contributed by atoms with Crippen LogP contribution < -0.4 is 10.2 Å². The first-order chi connectivity index (χ1) is 18.4. The number of halogens is 2. The van der Waals surface area contributed by atoms with Crippen molar-refractivity contribution in [2.45, 2.75) is 12.6 Å². The lowest BCUT2D eigenvalue weighted by molar-refractivity contribution is 0.0951. The number of nitrogens with zero attached hydrogens (tertiary/aromatic N) is 3. The van der Waals surface area contributed by atoms with E-state index < -0.39 is 0 Å². The highest BCUT2D eigenvalue weighted by Gasteiger charge is 2.34. The number of fused-ring (bicyclic) bond motifs is 2. The number of allylic oxidation sites excluding steroid dienone is 2. The minimum atomic E-state index is -0.315. The molecule has 7 heteroatoms.